The quantitative estimate of drug-likeness (QED) is 0.0344. The van der Waals surface area contributed by atoms with Crippen LogP contribution in [0.4, 0.5) is 0 Å². The normalized spacial score (nSPS) is 15.0. The van der Waals surface area contributed by atoms with Gasteiger partial charge in [0, 0.05) is 12.8 Å². The summed E-state index contributed by atoms with van der Waals surface area (Å²) >= 11 is 0. The highest BCUT2D eigenvalue weighted by molar-refractivity contribution is 5.98. The summed E-state index contributed by atoms with van der Waals surface area (Å²) in [5.41, 5.74) is 23.1. The molecular weight excluding hydrogens is 927 g/mol. The number of carboxylic acids is 2. The molecule has 0 saturated heterocycles. The standard InChI is InChI=1S/C47H79N11O13/c1-7-27(6)39(46(69)54-31(12-8-10-20-48)41(64)56-35(47(70)71)23-28-14-16-29(59)17-15-28)58-43(66)32(13-9-11-21-49)52-42(65)33(18-19-36(51)60)53-44(67)34(22-25(2)3)55-45(68)38(26(4)5)57-40(63)30(50)24-37(61)62/h14-17,25-27,30-35,38-39,59H,7-13,18-24,48-50H2,1-6H3,(H2,51,60)(H,52,65)(H,53,67)(H,54,69)(H,55,68)(H,56,64)(H,57,63)(H,58,66)(H,61,62)(H,70,71)/t27-,30-,31-,32-,33-,34-,35-,38-,39-/m0/s1. The number of nitrogens with two attached hydrogens (primary N) is 4. The first kappa shape index (κ1) is 62.6. The predicted molar refractivity (Wildman–Crippen MR) is 261 cm³/mol. The molecule has 0 heterocycles. The molecule has 1 aromatic carbocycles. The van der Waals surface area contributed by atoms with Gasteiger partial charge in [0.1, 0.15) is 48.0 Å². The van der Waals surface area contributed by atoms with Crippen molar-refractivity contribution in [3.05, 3.63) is 29.8 Å². The van der Waals surface area contributed by atoms with Gasteiger partial charge in [-0.05, 0) is 99.9 Å². The molecule has 8 amide bonds. The Bertz CT molecular complexity index is 1940. The molecule has 1 aromatic rings. The number of rotatable bonds is 35. The maximum Gasteiger partial charge on any atom is 0.326 e. The number of primary amides is 1. The minimum atomic E-state index is -1.49. The van der Waals surface area contributed by atoms with E-state index >= 15 is 0 Å². The predicted octanol–water partition coefficient (Wildman–Crippen LogP) is -1.51. The number of carboxylic acid groups (broad SMARTS) is 2. The molecule has 0 saturated carbocycles. The monoisotopic (exact) mass is 1010 g/mol. The Balaban J connectivity index is 3.48. The smallest absolute Gasteiger partial charge is 0.326 e. The van der Waals surface area contributed by atoms with Crippen molar-refractivity contribution in [2.24, 2.45) is 40.7 Å². The Morgan fingerprint density at radius 1 is 0.563 bits per heavy atom. The maximum atomic E-state index is 14.2. The lowest BCUT2D eigenvalue weighted by Crippen LogP contribution is -2.61. The highest BCUT2D eigenvalue weighted by Gasteiger charge is 2.36. The van der Waals surface area contributed by atoms with E-state index in [0.29, 0.717) is 37.7 Å². The molecule has 1 rings (SSSR count). The first-order valence-electron chi connectivity index (χ1n) is 24.1. The Morgan fingerprint density at radius 3 is 1.45 bits per heavy atom. The number of phenolic OH excluding ortho intramolecular Hbond substituents is 1. The molecule has 0 aliphatic rings. The highest BCUT2D eigenvalue weighted by Crippen LogP contribution is 2.15. The van der Waals surface area contributed by atoms with Crippen LogP contribution in [0.15, 0.2) is 24.3 Å². The lowest BCUT2D eigenvalue weighted by Gasteiger charge is -2.30. The van der Waals surface area contributed by atoms with Gasteiger partial charge in [-0.3, -0.25) is 43.2 Å². The van der Waals surface area contributed by atoms with Crippen LogP contribution < -0.4 is 60.2 Å². The summed E-state index contributed by atoms with van der Waals surface area (Å²) in [6.07, 6.45) is 0.524. The average Bonchev–Trinajstić information content (AvgIpc) is 3.29. The molecule has 18 N–H and O–H groups in total. The minimum Gasteiger partial charge on any atom is -0.508 e. The fraction of sp³-hybridized carbons (Fsp3) is 0.660. The van der Waals surface area contributed by atoms with Crippen molar-refractivity contribution in [2.45, 2.75) is 167 Å². The zero-order valence-electron chi connectivity index (χ0n) is 41.8. The van der Waals surface area contributed by atoms with Crippen molar-refractivity contribution < 1.29 is 63.3 Å². The van der Waals surface area contributed by atoms with E-state index in [0.717, 1.165) is 0 Å². The molecule has 71 heavy (non-hydrogen) atoms. The van der Waals surface area contributed by atoms with Gasteiger partial charge in [0.15, 0.2) is 0 Å². The third-order valence-corrected chi connectivity index (χ3v) is 11.6. The van der Waals surface area contributed by atoms with Crippen LogP contribution in [0.1, 0.15) is 118 Å². The van der Waals surface area contributed by atoms with Gasteiger partial charge in [0.05, 0.1) is 12.5 Å². The van der Waals surface area contributed by atoms with Crippen LogP contribution in [0.2, 0.25) is 0 Å². The van der Waals surface area contributed by atoms with Crippen LogP contribution in [-0.2, 0) is 54.4 Å². The van der Waals surface area contributed by atoms with Gasteiger partial charge in [-0.1, -0.05) is 60.1 Å². The molecule has 0 radical (unpaired) electrons. The number of hydrogen-bond acceptors (Lipinski definition) is 14. The van der Waals surface area contributed by atoms with Gasteiger partial charge in [-0.15, -0.1) is 0 Å². The third-order valence-electron chi connectivity index (χ3n) is 11.6. The molecule has 0 aliphatic heterocycles. The lowest BCUT2D eigenvalue weighted by molar-refractivity contribution is -0.142. The molecule has 0 bridgehead atoms. The van der Waals surface area contributed by atoms with E-state index in [-0.39, 0.29) is 63.3 Å². The van der Waals surface area contributed by atoms with E-state index in [9.17, 15) is 58.2 Å². The SMILES string of the molecule is CC[C@H](C)[C@H](NC(=O)[C@H](CCCCN)NC(=O)[C@H](CCC(N)=O)NC(=O)[C@H](CC(C)C)NC(=O)[C@@H](NC(=O)[C@@H](N)CC(=O)O)C(C)C)C(=O)N[C@@H](CCCCN)C(=O)N[C@@H](Cc1ccc(O)cc1)C(=O)O. The van der Waals surface area contributed by atoms with Crippen LogP contribution in [0, 0.1) is 17.8 Å². The number of amides is 8. The molecule has 0 unspecified atom stereocenters. The molecule has 24 nitrogen and oxygen atoms in total. The van der Waals surface area contributed by atoms with Gasteiger partial charge < -0.3 is 75.5 Å². The summed E-state index contributed by atoms with van der Waals surface area (Å²) in [7, 11) is 0. The minimum absolute atomic E-state index is 0.00625. The first-order valence-corrected chi connectivity index (χ1v) is 24.1. The number of benzene rings is 1. The van der Waals surface area contributed by atoms with Crippen LogP contribution in [0.5, 0.6) is 5.75 Å². The Hall–Kier alpha value is -6.40. The summed E-state index contributed by atoms with van der Waals surface area (Å²) in [5.74, 6) is -10.7. The van der Waals surface area contributed by atoms with Gasteiger partial charge >= 0.3 is 11.9 Å². The number of aliphatic carboxylic acids is 2. The Morgan fingerprint density at radius 2 is 1.00 bits per heavy atom. The molecular formula is C47H79N11O13. The van der Waals surface area contributed by atoms with Crippen molar-refractivity contribution in [2.75, 3.05) is 13.1 Å². The second kappa shape index (κ2) is 32.5. The first-order chi connectivity index (χ1) is 33.3. The number of nitrogens with one attached hydrogen (secondary N) is 7. The Labute approximate surface area is 415 Å². The largest absolute Gasteiger partial charge is 0.508 e. The van der Waals surface area contributed by atoms with Crippen molar-refractivity contribution >= 4 is 59.2 Å². The van der Waals surface area contributed by atoms with Gasteiger partial charge in [0.2, 0.25) is 47.3 Å². The zero-order chi connectivity index (χ0) is 54.0. The van der Waals surface area contributed by atoms with Crippen molar-refractivity contribution in [3.63, 3.8) is 0 Å². The van der Waals surface area contributed by atoms with Gasteiger partial charge in [0.25, 0.3) is 0 Å². The average molecular weight is 1010 g/mol. The number of unbranched alkanes of at least 4 members (excludes halogenated alkanes) is 2. The highest BCUT2D eigenvalue weighted by atomic mass is 16.4. The number of aromatic hydroxyl groups is 1. The number of carbonyl (C=O) groups is 10. The fourth-order valence-electron chi connectivity index (χ4n) is 7.22. The van der Waals surface area contributed by atoms with Gasteiger partial charge in [-0.25, -0.2) is 4.79 Å². The molecule has 400 valence electrons. The maximum absolute atomic E-state index is 14.2. The van der Waals surface area contributed by atoms with Crippen LogP contribution in [0.3, 0.4) is 0 Å². The van der Waals surface area contributed by atoms with Gasteiger partial charge in [-0.2, -0.15) is 0 Å². The number of carbonyl (C=O) groups excluding carboxylic acids is 8. The van der Waals surface area contributed by atoms with E-state index in [4.69, 9.17) is 28.0 Å². The van der Waals surface area contributed by atoms with E-state index in [1.165, 1.54) is 24.3 Å². The van der Waals surface area contributed by atoms with Crippen molar-refractivity contribution in [3.8, 4) is 5.75 Å². The summed E-state index contributed by atoms with van der Waals surface area (Å²) in [4.78, 5) is 132. The van der Waals surface area contributed by atoms with Crippen LogP contribution >= 0.6 is 0 Å². The topological polar surface area (TPSA) is 420 Å². The molecule has 0 fully saturated rings. The molecule has 0 aromatic heterocycles. The molecule has 9 atom stereocenters. The van der Waals surface area contributed by atoms with E-state index < -0.39 is 126 Å². The molecule has 0 aliphatic carbocycles. The Kier molecular flexibility index (Phi) is 28.6. The molecule has 24 heteroatoms. The number of phenols is 1. The summed E-state index contributed by atoms with van der Waals surface area (Å²) < 4.78 is 0. The van der Waals surface area contributed by atoms with E-state index in [2.05, 4.69) is 37.2 Å². The summed E-state index contributed by atoms with van der Waals surface area (Å²) in [6, 6.07) is -5.03. The van der Waals surface area contributed by atoms with E-state index in [1.807, 2.05) is 0 Å². The van der Waals surface area contributed by atoms with Crippen molar-refractivity contribution in [1.29, 1.82) is 0 Å². The lowest BCUT2D eigenvalue weighted by atomic mass is 9.96. The van der Waals surface area contributed by atoms with Crippen LogP contribution in [0.25, 0.3) is 0 Å². The summed E-state index contributed by atoms with van der Waals surface area (Å²) in [5, 5.41) is 46.8. The molecule has 0 spiro atoms. The second-order valence-corrected chi connectivity index (χ2v) is 18.5. The number of hydrogen-bond donors (Lipinski definition) is 14. The van der Waals surface area contributed by atoms with Crippen LogP contribution in [-0.4, -0.2) is 136 Å². The van der Waals surface area contributed by atoms with Crippen molar-refractivity contribution in [1.82, 2.24) is 37.2 Å². The second-order valence-electron chi connectivity index (χ2n) is 18.5. The fourth-order valence-corrected chi connectivity index (χ4v) is 7.22. The van der Waals surface area contributed by atoms with E-state index in [1.54, 1.807) is 41.5 Å². The third kappa shape index (κ3) is 23.8. The zero-order valence-corrected chi connectivity index (χ0v) is 41.8. The summed E-state index contributed by atoms with van der Waals surface area (Å²) in [6.45, 7) is 10.7.